The normalized spacial score (nSPS) is 21.6. The number of aromatic nitrogens is 1. The van der Waals surface area contributed by atoms with Gasteiger partial charge in [0.15, 0.2) is 0 Å². The highest BCUT2D eigenvalue weighted by Gasteiger charge is 2.32. The van der Waals surface area contributed by atoms with Crippen LogP contribution < -0.4 is 15.1 Å². The number of fused-ring (bicyclic) bond motifs is 2. The molecule has 5 rings (SSSR count). The number of nitrogens with one attached hydrogen (secondary N) is 1. The van der Waals surface area contributed by atoms with Gasteiger partial charge in [-0.3, -0.25) is 4.79 Å². The van der Waals surface area contributed by atoms with Gasteiger partial charge in [0.2, 0.25) is 0 Å². The molecule has 7 heteroatoms. The number of anilines is 4. The highest BCUT2D eigenvalue weighted by atomic mass is 16.5. The molecule has 2 fully saturated rings. The van der Waals surface area contributed by atoms with E-state index in [0.29, 0.717) is 19.3 Å². The number of ether oxygens (including phenoxy) is 2. The molecule has 1 N–H and O–H groups in total. The fourth-order valence-corrected chi connectivity index (χ4v) is 4.76. The molecule has 0 spiro atoms. The van der Waals surface area contributed by atoms with Crippen LogP contribution >= 0.6 is 0 Å². The van der Waals surface area contributed by atoms with Gasteiger partial charge >= 0.3 is 0 Å². The molecular weight excluding hydrogens is 392 g/mol. The molecule has 3 aliphatic rings. The van der Waals surface area contributed by atoms with Gasteiger partial charge in [0.1, 0.15) is 11.9 Å². The third-order valence-electron chi connectivity index (χ3n) is 6.61. The van der Waals surface area contributed by atoms with Crippen LogP contribution in [0.15, 0.2) is 36.5 Å². The van der Waals surface area contributed by atoms with Crippen LogP contribution in [0.25, 0.3) is 0 Å². The minimum Gasteiger partial charge on any atom is -0.381 e. The lowest BCUT2D eigenvalue weighted by atomic mass is 10.1. The highest BCUT2D eigenvalue weighted by Crippen LogP contribution is 2.39. The minimum atomic E-state index is -0.374. The van der Waals surface area contributed by atoms with Gasteiger partial charge in [0.25, 0.3) is 5.91 Å². The molecule has 2 saturated heterocycles. The zero-order valence-corrected chi connectivity index (χ0v) is 18.0. The first-order chi connectivity index (χ1) is 15.2. The zero-order chi connectivity index (χ0) is 21.2. The molecule has 0 radical (unpaired) electrons. The van der Waals surface area contributed by atoms with E-state index in [4.69, 9.17) is 9.47 Å². The number of nitrogens with zero attached hydrogens (tertiary/aromatic N) is 3. The summed E-state index contributed by atoms with van der Waals surface area (Å²) in [6.45, 7) is 3.04. The van der Waals surface area contributed by atoms with Crippen molar-refractivity contribution in [2.75, 3.05) is 41.9 Å². The molecule has 2 aromatic rings. The molecule has 1 amide bonds. The summed E-state index contributed by atoms with van der Waals surface area (Å²) >= 11 is 0. The van der Waals surface area contributed by atoms with Gasteiger partial charge in [-0.2, -0.15) is 0 Å². The smallest absolute Gasteiger partial charge is 0.256 e. The number of methoxy groups -OCH3 is 1. The van der Waals surface area contributed by atoms with E-state index in [1.54, 1.807) is 13.3 Å². The molecule has 1 aromatic heterocycles. The van der Waals surface area contributed by atoms with E-state index in [2.05, 4.69) is 33.4 Å². The fraction of sp³-hybridized carbons (Fsp3) is 0.500. The topological polar surface area (TPSA) is 66.9 Å². The van der Waals surface area contributed by atoms with Crippen LogP contribution in [0.1, 0.15) is 37.7 Å². The van der Waals surface area contributed by atoms with E-state index in [1.807, 2.05) is 17.0 Å². The van der Waals surface area contributed by atoms with Gasteiger partial charge in [-0.05, 0) is 56.4 Å². The van der Waals surface area contributed by atoms with Gasteiger partial charge in [0.05, 0.1) is 24.0 Å². The number of carbonyl (C=O) groups excluding carboxylic acids is 1. The summed E-state index contributed by atoms with van der Waals surface area (Å²) in [4.78, 5) is 22.3. The summed E-state index contributed by atoms with van der Waals surface area (Å²) in [5.74, 6) is 0.840. The van der Waals surface area contributed by atoms with E-state index in [0.717, 1.165) is 73.6 Å². The lowest BCUT2D eigenvalue weighted by molar-refractivity contribution is -0.132. The van der Waals surface area contributed by atoms with Crippen molar-refractivity contribution in [2.45, 2.75) is 50.9 Å². The van der Waals surface area contributed by atoms with Crippen molar-refractivity contribution in [2.24, 2.45) is 0 Å². The zero-order valence-electron chi connectivity index (χ0n) is 18.0. The molecule has 164 valence electrons. The standard InChI is InChI=1S/C24H30N4O3/c1-30-19-9-12-27(13-10-19)18-7-8-20-21(15-18)28(24(29)22-6-2-3-14-31-22)16-17-5-4-11-25-23(17)26-20/h4-5,7-8,11,15,19,22H,2-3,6,9-10,12-14,16H2,1H3,(H,25,26). The Labute approximate surface area is 183 Å². The van der Waals surface area contributed by atoms with E-state index in [-0.39, 0.29) is 12.0 Å². The summed E-state index contributed by atoms with van der Waals surface area (Å²) in [5.41, 5.74) is 3.93. The molecular formula is C24H30N4O3. The average Bonchev–Trinajstić information content (AvgIpc) is 3.00. The number of hydrogen-bond acceptors (Lipinski definition) is 6. The van der Waals surface area contributed by atoms with Crippen LogP contribution in [0, 0.1) is 0 Å². The Balaban J connectivity index is 1.49. The number of carbonyl (C=O) groups is 1. The first-order valence-corrected chi connectivity index (χ1v) is 11.3. The second-order valence-corrected chi connectivity index (χ2v) is 8.54. The predicted octanol–water partition coefficient (Wildman–Crippen LogP) is 3.86. The monoisotopic (exact) mass is 422 g/mol. The summed E-state index contributed by atoms with van der Waals surface area (Å²) in [5, 5.41) is 3.45. The van der Waals surface area contributed by atoms with Crippen molar-refractivity contribution >= 4 is 28.8 Å². The predicted molar refractivity (Wildman–Crippen MR) is 121 cm³/mol. The summed E-state index contributed by atoms with van der Waals surface area (Å²) < 4.78 is 11.4. The second kappa shape index (κ2) is 8.85. The first-order valence-electron chi connectivity index (χ1n) is 11.3. The number of pyridine rings is 1. The number of amides is 1. The maximum atomic E-state index is 13.6. The average molecular weight is 423 g/mol. The Morgan fingerprint density at radius 2 is 2.06 bits per heavy atom. The lowest BCUT2D eigenvalue weighted by Crippen LogP contribution is -2.41. The van der Waals surface area contributed by atoms with Crippen molar-refractivity contribution in [3.05, 3.63) is 42.1 Å². The Hall–Kier alpha value is -2.64. The largest absolute Gasteiger partial charge is 0.381 e. The highest BCUT2D eigenvalue weighted by molar-refractivity contribution is 6.01. The molecule has 4 heterocycles. The number of hydrogen-bond donors (Lipinski definition) is 1. The fourth-order valence-electron chi connectivity index (χ4n) is 4.76. The molecule has 0 aliphatic carbocycles. The van der Waals surface area contributed by atoms with Crippen LogP contribution in [0.2, 0.25) is 0 Å². The third-order valence-corrected chi connectivity index (χ3v) is 6.61. The lowest BCUT2D eigenvalue weighted by Gasteiger charge is -2.34. The Morgan fingerprint density at radius 1 is 1.19 bits per heavy atom. The summed E-state index contributed by atoms with van der Waals surface area (Å²) in [6.07, 6.45) is 6.60. The third kappa shape index (κ3) is 4.12. The van der Waals surface area contributed by atoms with E-state index in [1.165, 1.54) is 0 Å². The van der Waals surface area contributed by atoms with Gasteiger partial charge in [-0.1, -0.05) is 6.07 Å². The molecule has 31 heavy (non-hydrogen) atoms. The van der Waals surface area contributed by atoms with E-state index in [9.17, 15) is 4.79 Å². The van der Waals surface area contributed by atoms with Crippen LogP contribution in [0.5, 0.6) is 0 Å². The molecule has 0 saturated carbocycles. The maximum absolute atomic E-state index is 13.6. The van der Waals surface area contributed by atoms with Gasteiger partial charge in [-0.25, -0.2) is 4.98 Å². The van der Waals surface area contributed by atoms with Crippen molar-refractivity contribution in [1.29, 1.82) is 0 Å². The van der Waals surface area contributed by atoms with Gasteiger partial charge in [-0.15, -0.1) is 0 Å². The second-order valence-electron chi connectivity index (χ2n) is 8.54. The van der Waals surface area contributed by atoms with Gasteiger partial charge in [0, 0.05) is 44.3 Å². The molecule has 0 bridgehead atoms. The van der Waals surface area contributed by atoms with E-state index >= 15 is 0 Å². The summed E-state index contributed by atoms with van der Waals surface area (Å²) in [7, 11) is 1.79. The number of piperidine rings is 1. The van der Waals surface area contributed by atoms with Gasteiger partial charge < -0.3 is 24.6 Å². The Bertz CT molecular complexity index is 936. The molecule has 3 aliphatic heterocycles. The van der Waals surface area contributed by atoms with Crippen molar-refractivity contribution in [3.8, 4) is 0 Å². The summed E-state index contributed by atoms with van der Waals surface area (Å²) in [6, 6.07) is 10.3. The quantitative estimate of drug-likeness (QED) is 0.810. The number of rotatable bonds is 3. The van der Waals surface area contributed by atoms with Crippen molar-refractivity contribution < 1.29 is 14.3 Å². The molecule has 1 unspecified atom stereocenters. The van der Waals surface area contributed by atoms with Crippen LogP contribution in [0.4, 0.5) is 22.9 Å². The minimum absolute atomic E-state index is 0.0368. The van der Waals surface area contributed by atoms with Crippen LogP contribution in [0.3, 0.4) is 0 Å². The molecule has 1 atom stereocenters. The first kappa shape index (κ1) is 20.3. The van der Waals surface area contributed by atoms with Crippen LogP contribution in [-0.2, 0) is 20.8 Å². The van der Waals surface area contributed by atoms with E-state index < -0.39 is 0 Å². The maximum Gasteiger partial charge on any atom is 0.256 e. The molecule has 7 nitrogen and oxygen atoms in total. The SMILES string of the molecule is COC1CCN(c2ccc3c(c2)N(C(=O)C2CCCCO2)Cc2cccnc2N3)CC1. The van der Waals surface area contributed by atoms with Crippen molar-refractivity contribution in [3.63, 3.8) is 0 Å². The van der Waals surface area contributed by atoms with Crippen LogP contribution in [-0.4, -0.2) is 49.9 Å². The number of benzene rings is 1. The molecule has 1 aromatic carbocycles. The Morgan fingerprint density at radius 3 is 2.84 bits per heavy atom. The Kier molecular flexibility index (Phi) is 5.78. The van der Waals surface area contributed by atoms with Crippen molar-refractivity contribution in [1.82, 2.24) is 4.98 Å².